The van der Waals surface area contributed by atoms with Gasteiger partial charge >= 0.3 is 0 Å². The number of nitrogens with two attached hydrogens (primary N) is 1. The summed E-state index contributed by atoms with van der Waals surface area (Å²) in [6, 6.07) is 1.81. The van der Waals surface area contributed by atoms with Crippen molar-refractivity contribution in [2.24, 2.45) is 5.73 Å². The van der Waals surface area contributed by atoms with Gasteiger partial charge in [-0.15, -0.1) is 0 Å². The van der Waals surface area contributed by atoms with Crippen LogP contribution < -0.4 is 15.4 Å². The molecule has 0 unspecified atom stereocenters. The normalized spacial score (nSPS) is 10.0. The Morgan fingerprint density at radius 2 is 2.14 bits per heavy atom. The van der Waals surface area contributed by atoms with Crippen LogP contribution in [0.1, 0.15) is 5.69 Å². The van der Waals surface area contributed by atoms with Crippen molar-refractivity contribution in [1.29, 1.82) is 0 Å². The lowest BCUT2D eigenvalue weighted by molar-refractivity contribution is 0.396. The third kappa shape index (κ3) is 2.56. The van der Waals surface area contributed by atoms with Gasteiger partial charge in [0.2, 0.25) is 11.8 Å². The number of hydrogen-bond donors (Lipinski definition) is 1. The standard InChI is InChI=1S/C9H16N4O/c1-13(2)9-11-7(4-5-10)6-8(12-9)14-3/h6H,4-5,10H2,1-3H3. The number of ether oxygens (including phenoxy) is 1. The number of methoxy groups -OCH3 is 1. The van der Waals surface area contributed by atoms with Crippen LogP contribution >= 0.6 is 0 Å². The van der Waals surface area contributed by atoms with E-state index < -0.39 is 0 Å². The minimum absolute atomic E-state index is 0.576. The highest BCUT2D eigenvalue weighted by Gasteiger charge is 2.05. The molecule has 5 heteroatoms. The third-order valence-corrected chi connectivity index (χ3v) is 1.75. The third-order valence-electron chi connectivity index (χ3n) is 1.75. The number of nitrogens with zero attached hydrogens (tertiary/aromatic N) is 3. The maximum atomic E-state index is 5.46. The maximum absolute atomic E-state index is 5.46. The zero-order chi connectivity index (χ0) is 10.6. The van der Waals surface area contributed by atoms with Gasteiger partial charge in [0.05, 0.1) is 12.8 Å². The number of anilines is 1. The van der Waals surface area contributed by atoms with E-state index in [1.807, 2.05) is 19.0 Å². The van der Waals surface area contributed by atoms with E-state index in [1.165, 1.54) is 0 Å². The summed E-state index contributed by atoms with van der Waals surface area (Å²) >= 11 is 0. The lowest BCUT2D eigenvalue weighted by Crippen LogP contribution is -2.15. The largest absolute Gasteiger partial charge is 0.481 e. The van der Waals surface area contributed by atoms with Crippen LogP contribution in [0, 0.1) is 0 Å². The van der Waals surface area contributed by atoms with Gasteiger partial charge in [-0.2, -0.15) is 4.98 Å². The molecule has 2 N–H and O–H groups in total. The summed E-state index contributed by atoms with van der Waals surface area (Å²) in [6.07, 6.45) is 0.736. The van der Waals surface area contributed by atoms with Crippen molar-refractivity contribution in [2.45, 2.75) is 6.42 Å². The van der Waals surface area contributed by atoms with Gasteiger partial charge in [0.1, 0.15) is 0 Å². The summed E-state index contributed by atoms with van der Waals surface area (Å²) in [6.45, 7) is 0.576. The molecule has 1 rings (SSSR count). The molecule has 1 aromatic rings. The van der Waals surface area contributed by atoms with Crippen molar-refractivity contribution in [1.82, 2.24) is 9.97 Å². The SMILES string of the molecule is COc1cc(CCN)nc(N(C)C)n1. The zero-order valence-electron chi connectivity index (χ0n) is 8.82. The molecule has 0 atom stereocenters. The molecule has 0 aliphatic carbocycles. The van der Waals surface area contributed by atoms with Crippen LogP contribution in [0.4, 0.5) is 5.95 Å². The zero-order valence-corrected chi connectivity index (χ0v) is 8.82. The minimum Gasteiger partial charge on any atom is -0.481 e. The van der Waals surface area contributed by atoms with Crippen LogP contribution in [0.15, 0.2) is 6.07 Å². The molecule has 0 saturated heterocycles. The van der Waals surface area contributed by atoms with Crippen LogP contribution in [-0.4, -0.2) is 37.7 Å². The average Bonchev–Trinajstić information content (AvgIpc) is 2.17. The van der Waals surface area contributed by atoms with E-state index in [-0.39, 0.29) is 0 Å². The molecule has 0 radical (unpaired) electrons. The number of aromatic nitrogens is 2. The fourth-order valence-corrected chi connectivity index (χ4v) is 1.04. The lowest BCUT2D eigenvalue weighted by atomic mass is 10.3. The van der Waals surface area contributed by atoms with E-state index in [9.17, 15) is 0 Å². The molecule has 0 amide bonds. The Bertz CT molecular complexity index is 301. The Hall–Kier alpha value is -1.36. The summed E-state index contributed by atoms with van der Waals surface area (Å²) < 4.78 is 5.07. The Morgan fingerprint density at radius 1 is 1.43 bits per heavy atom. The highest BCUT2D eigenvalue weighted by molar-refractivity contribution is 5.32. The molecule has 1 heterocycles. The molecule has 0 fully saturated rings. The summed E-state index contributed by atoms with van der Waals surface area (Å²) in [5, 5.41) is 0. The van der Waals surface area contributed by atoms with Crippen molar-refractivity contribution >= 4 is 5.95 Å². The first-order valence-electron chi connectivity index (χ1n) is 4.46. The summed E-state index contributed by atoms with van der Waals surface area (Å²) in [5.41, 5.74) is 6.37. The van der Waals surface area contributed by atoms with Gasteiger partial charge in [0, 0.05) is 26.6 Å². The maximum Gasteiger partial charge on any atom is 0.228 e. The van der Waals surface area contributed by atoms with Crippen LogP contribution in [0.2, 0.25) is 0 Å². The fraction of sp³-hybridized carbons (Fsp3) is 0.556. The van der Waals surface area contributed by atoms with Crippen molar-refractivity contribution in [3.05, 3.63) is 11.8 Å². The topological polar surface area (TPSA) is 64.3 Å². The molecule has 0 spiro atoms. The van der Waals surface area contributed by atoms with Crippen LogP contribution in [0.5, 0.6) is 5.88 Å². The van der Waals surface area contributed by atoms with Crippen LogP contribution in [0.3, 0.4) is 0 Å². The predicted molar refractivity (Wildman–Crippen MR) is 55.7 cm³/mol. The van der Waals surface area contributed by atoms with E-state index in [1.54, 1.807) is 13.2 Å². The van der Waals surface area contributed by atoms with Crippen molar-refractivity contribution in [3.8, 4) is 5.88 Å². The van der Waals surface area contributed by atoms with Crippen LogP contribution in [0.25, 0.3) is 0 Å². The number of rotatable bonds is 4. The quantitative estimate of drug-likeness (QED) is 0.737. The second kappa shape index (κ2) is 4.76. The first-order valence-corrected chi connectivity index (χ1v) is 4.46. The van der Waals surface area contributed by atoms with E-state index in [0.717, 1.165) is 12.1 Å². The second-order valence-electron chi connectivity index (χ2n) is 3.13. The van der Waals surface area contributed by atoms with Gasteiger partial charge in [0.15, 0.2) is 0 Å². The summed E-state index contributed by atoms with van der Waals surface area (Å²) in [7, 11) is 5.37. The van der Waals surface area contributed by atoms with Crippen LogP contribution in [-0.2, 0) is 6.42 Å². The highest BCUT2D eigenvalue weighted by Crippen LogP contribution is 2.13. The molecule has 0 aliphatic heterocycles. The Balaban J connectivity index is 3.00. The predicted octanol–water partition coefficient (Wildman–Crippen LogP) is 0.0524. The van der Waals surface area contributed by atoms with Gasteiger partial charge in [0.25, 0.3) is 0 Å². The van der Waals surface area contributed by atoms with Gasteiger partial charge in [-0.3, -0.25) is 0 Å². The minimum atomic E-state index is 0.576. The molecule has 14 heavy (non-hydrogen) atoms. The molecule has 1 aromatic heterocycles. The van der Waals surface area contributed by atoms with E-state index in [0.29, 0.717) is 18.4 Å². The van der Waals surface area contributed by atoms with Crippen molar-refractivity contribution in [2.75, 3.05) is 32.6 Å². The highest BCUT2D eigenvalue weighted by atomic mass is 16.5. The first kappa shape index (κ1) is 10.7. The molecular formula is C9H16N4O. The Kier molecular flexibility index (Phi) is 3.64. The summed E-state index contributed by atoms with van der Waals surface area (Å²) in [5.74, 6) is 1.22. The smallest absolute Gasteiger partial charge is 0.228 e. The number of hydrogen-bond acceptors (Lipinski definition) is 5. The first-order chi connectivity index (χ1) is 6.67. The Morgan fingerprint density at radius 3 is 2.64 bits per heavy atom. The van der Waals surface area contributed by atoms with E-state index in [2.05, 4.69) is 9.97 Å². The van der Waals surface area contributed by atoms with E-state index in [4.69, 9.17) is 10.5 Å². The van der Waals surface area contributed by atoms with Crippen molar-refractivity contribution in [3.63, 3.8) is 0 Å². The van der Waals surface area contributed by atoms with Gasteiger partial charge in [-0.1, -0.05) is 0 Å². The monoisotopic (exact) mass is 196 g/mol. The lowest BCUT2D eigenvalue weighted by Gasteiger charge is -2.12. The molecule has 0 aromatic carbocycles. The fourth-order valence-electron chi connectivity index (χ4n) is 1.04. The molecule has 5 nitrogen and oxygen atoms in total. The molecule has 0 bridgehead atoms. The summed E-state index contributed by atoms with van der Waals surface area (Å²) in [4.78, 5) is 10.3. The Labute approximate surface area is 83.9 Å². The average molecular weight is 196 g/mol. The second-order valence-corrected chi connectivity index (χ2v) is 3.13. The van der Waals surface area contributed by atoms with Crippen molar-refractivity contribution < 1.29 is 4.74 Å². The molecule has 78 valence electrons. The molecule has 0 saturated carbocycles. The molecule has 0 aliphatic rings. The van der Waals surface area contributed by atoms with E-state index >= 15 is 0 Å². The van der Waals surface area contributed by atoms with Gasteiger partial charge in [-0.05, 0) is 6.54 Å². The molecular weight excluding hydrogens is 180 g/mol. The van der Waals surface area contributed by atoms with Gasteiger partial charge in [-0.25, -0.2) is 4.98 Å². The van der Waals surface area contributed by atoms with Gasteiger partial charge < -0.3 is 15.4 Å².